The normalized spacial score (nSPS) is 11.8. The Balaban J connectivity index is 2.46. The maximum Gasteiger partial charge on any atom is 0.303 e. The Morgan fingerprint density at radius 2 is 2.00 bits per heavy atom. The zero-order valence-electron chi connectivity index (χ0n) is 11.8. The molecule has 0 fully saturated rings. The Hall–Kier alpha value is -0.870. The first-order valence-electron chi connectivity index (χ1n) is 6.44. The average molecular weight is 328 g/mol. The van der Waals surface area contributed by atoms with Gasteiger partial charge >= 0.3 is 5.97 Å². The molecule has 19 heavy (non-hydrogen) atoms. The first-order valence-corrected chi connectivity index (χ1v) is 7.23. The fourth-order valence-electron chi connectivity index (χ4n) is 2.29. The van der Waals surface area contributed by atoms with Gasteiger partial charge in [-0.25, -0.2) is 0 Å². The number of hydrogen-bond donors (Lipinski definition) is 1. The van der Waals surface area contributed by atoms with Crippen molar-refractivity contribution >= 4 is 21.9 Å². The van der Waals surface area contributed by atoms with Crippen LogP contribution in [-0.2, 0) is 11.2 Å². The maximum absolute atomic E-state index is 10.8. The molecule has 0 aromatic heterocycles. The van der Waals surface area contributed by atoms with E-state index in [1.54, 1.807) is 0 Å². The van der Waals surface area contributed by atoms with Crippen molar-refractivity contribution in [3.8, 4) is 0 Å². The summed E-state index contributed by atoms with van der Waals surface area (Å²) >= 11 is 3.54. The molecular weight excluding hydrogens is 306 g/mol. The summed E-state index contributed by atoms with van der Waals surface area (Å²) in [5.74, 6) is -0.732. The molecule has 1 aromatic rings. The van der Waals surface area contributed by atoms with Crippen LogP contribution in [0.3, 0.4) is 0 Å². The summed E-state index contributed by atoms with van der Waals surface area (Å²) in [6, 6.07) is 8.20. The molecule has 0 atom stereocenters. The largest absolute Gasteiger partial charge is 0.481 e. The molecule has 4 heteroatoms. The van der Waals surface area contributed by atoms with Gasteiger partial charge in [0, 0.05) is 17.6 Å². The molecule has 0 radical (unpaired) electrons. The number of carbonyl (C=O) groups is 1. The maximum atomic E-state index is 10.8. The highest BCUT2D eigenvalue weighted by molar-refractivity contribution is 9.10. The highest BCUT2D eigenvalue weighted by Gasteiger charge is 2.23. The molecule has 3 nitrogen and oxygen atoms in total. The predicted octanol–water partition coefficient (Wildman–Crippen LogP) is 3.42. The highest BCUT2D eigenvalue weighted by atomic mass is 79.9. The highest BCUT2D eigenvalue weighted by Crippen LogP contribution is 2.22. The van der Waals surface area contributed by atoms with Crippen molar-refractivity contribution in [1.82, 2.24) is 4.90 Å². The zero-order valence-corrected chi connectivity index (χ0v) is 13.4. The van der Waals surface area contributed by atoms with E-state index < -0.39 is 5.97 Å². The number of halogens is 1. The Labute approximate surface area is 123 Å². The van der Waals surface area contributed by atoms with Crippen LogP contribution < -0.4 is 0 Å². The van der Waals surface area contributed by atoms with Gasteiger partial charge in [-0.3, -0.25) is 4.79 Å². The van der Waals surface area contributed by atoms with Crippen molar-refractivity contribution in [2.24, 2.45) is 5.41 Å². The van der Waals surface area contributed by atoms with Gasteiger partial charge in [-0.15, -0.1) is 0 Å². The molecular formula is C15H22BrNO2. The molecule has 0 spiro atoms. The van der Waals surface area contributed by atoms with E-state index in [0.29, 0.717) is 0 Å². The molecule has 1 rings (SSSR count). The van der Waals surface area contributed by atoms with Crippen molar-refractivity contribution < 1.29 is 9.90 Å². The van der Waals surface area contributed by atoms with Crippen molar-refractivity contribution in [2.45, 2.75) is 26.7 Å². The smallest absolute Gasteiger partial charge is 0.303 e. The van der Waals surface area contributed by atoms with Crippen molar-refractivity contribution in [1.29, 1.82) is 0 Å². The Morgan fingerprint density at radius 3 is 2.58 bits per heavy atom. The second kappa shape index (κ2) is 7.06. The lowest BCUT2D eigenvalue weighted by molar-refractivity contribution is -0.139. The summed E-state index contributed by atoms with van der Waals surface area (Å²) in [5.41, 5.74) is 1.08. The van der Waals surface area contributed by atoms with Crippen LogP contribution in [0.4, 0.5) is 0 Å². The first-order chi connectivity index (χ1) is 8.80. The second-order valence-corrected chi connectivity index (χ2v) is 6.67. The van der Waals surface area contributed by atoms with Crippen LogP contribution >= 0.6 is 15.9 Å². The third-order valence-electron chi connectivity index (χ3n) is 3.05. The molecule has 0 saturated heterocycles. The summed E-state index contributed by atoms with van der Waals surface area (Å²) in [5, 5.41) is 8.88. The minimum Gasteiger partial charge on any atom is -0.481 e. The number of aliphatic carboxylic acids is 1. The standard InChI is InChI=1S/C15H22BrNO2/c1-15(2,10-14(18)19)11-17(3)9-8-12-6-4-5-7-13(12)16/h4-7H,8-11H2,1-3H3,(H,18,19). The lowest BCUT2D eigenvalue weighted by Gasteiger charge is -2.29. The van der Waals surface area contributed by atoms with E-state index in [1.165, 1.54) is 5.56 Å². The number of nitrogens with zero attached hydrogens (tertiary/aromatic N) is 1. The summed E-state index contributed by atoms with van der Waals surface area (Å²) < 4.78 is 1.13. The fraction of sp³-hybridized carbons (Fsp3) is 0.533. The molecule has 0 aliphatic heterocycles. The Morgan fingerprint density at radius 1 is 1.37 bits per heavy atom. The lowest BCUT2D eigenvalue weighted by Crippen LogP contribution is -2.34. The average Bonchev–Trinajstić information content (AvgIpc) is 2.25. The van der Waals surface area contributed by atoms with E-state index in [-0.39, 0.29) is 11.8 Å². The van der Waals surface area contributed by atoms with Crippen LogP contribution in [0.1, 0.15) is 25.8 Å². The minimum absolute atomic E-state index is 0.200. The summed E-state index contributed by atoms with van der Waals surface area (Å²) in [4.78, 5) is 13.0. The Bertz CT molecular complexity index is 432. The van der Waals surface area contributed by atoms with E-state index >= 15 is 0 Å². The molecule has 0 amide bonds. The monoisotopic (exact) mass is 327 g/mol. The summed E-state index contributed by atoms with van der Waals surface area (Å²) in [6.07, 6.45) is 1.16. The van der Waals surface area contributed by atoms with Crippen LogP contribution in [0.5, 0.6) is 0 Å². The summed E-state index contributed by atoms with van der Waals surface area (Å²) in [7, 11) is 2.04. The number of rotatable bonds is 7. The number of carboxylic acids is 1. The van der Waals surface area contributed by atoms with Crippen LogP contribution in [0.25, 0.3) is 0 Å². The van der Waals surface area contributed by atoms with Gasteiger partial charge in [0.05, 0.1) is 6.42 Å². The van der Waals surface area contributed by atoms with Crippen molar-refractivity contribution in [3.63, 3.8) is 0 Å². The molecule has 0 aliphatic carbocycles. The second-order valence-electron chi connectivity index (χ2n) is 5.81. The van der Waals surface area contributed by atoms with Crippen LogP contribution in [-0.4, -0.2) is 36.1 Å². The van der Waals surface area contributed by atoms with E-state index in [2.05, 4.69) is 26.9 Å². The van der Waals surface area contributed by atoms with Gasteiger partial charge in [0.15, 0.2) is 0 Å². The molecule has 1 N–H and O–H groups in total. The van der Waals surface area contributed by atoms with Gasteiger partial charge in [-0.2, -0.15) is 0 Å². The zero-order chi connectivity index (χ0) is 14.5. The molecule has 0 saturated carbocycles. The van der Waals surface area contributed by atoms with Gasteiger partial charge in [0.1, 0.15) is 0 Å². The van der Waals surface area contributed by atoms with Gasteiger partial charge < -0.3 is 10.0 Å². The minimum atomic E-state index is -0.732. The molecule has 106 valence electrons. The van der Waals surface area contributed by atoms with E-state index in [0.717, 1.165) is 24.0 Å². The SMILES string of the molecule is CN(CCc1ccccc1Br)CC(C)(C)CC(=O)O. The van der Waals surface area contributed by atoms with Crippen LogP contribution in [0.2, 0.25) is 0 Å². The van der Waals surface area contributed by atoms with Gasteiger partial charge in [0.25, 0.3) is 0 Å². The molecule has 0 heterocycles. The predicted molar refractivity (Wildman–Crippen MR) is 81.4 cm³/mol. The molecule has 0 aliphatic rings. The number of likely N-dealkylation sites (N-methyl/N-ethyl adjacent to an activating group) is 1. The quantitative estimate of drug-likeness (QED) is 0.834. The molecule has 1 aromatic carbocycles. The van der Waals surface area contributed by atoms with E-state index in [1.807, 2.05) is 39.1 Å². The van der Waals surface area contributed by atoms with E-state index in [4.69, 9.17) is 5.11 Å². The number of benzene rings is 1. The number of hydrogen-bond acceptors (Lipinski definition) is 2. The van der Waals surface area contributed by atoms with Gasteiger partial charge in [-0.05, 0) is 30.5 Å². The first kappa shape index (κ1) is 16.2. The topological polar surface area (TPSA) is 40.5 Å². The van der Waals surface area contributed by atoms with Crippen LogP contribution in [0, 0.1) is 5.41 Å². The summed E-state index contributed by atoms with van der Waals surface area (Å²) in [6.45, 7) is 5.70. The fourth-order valence-corrected chi connectivity index (χ4v) is 2.77. The van der Waals surface area contributed by atoms with Crippen molar-refractivity contribution in [3.05, 3.63) is 34.3 Å². The van der Waals surface area contributed by atoms with Gasteiger partial charge in [0.2, 0.25) is 0 Å². The number of carboxylic acid groups (broad SMARTS) is 1. The molecule has 0 bridgehead atoms. The third kappa shape index (κ3) is 6.21. The van der Waals surface area contributed by atoms with Crippen molar-refractivity contribution in [2.75, 3.05) is 20.1 Å². The Kier molecular flexibility index (Phi) is 6.01. The molecule has 0 unspecified atom stereocenters. The lowest BCUT2D eigenvalue weighted by atomic mass is 9.89. The van der Waals surface area contributed by atoms with Gasteiger partial charge in [-0.1, -0.05) is 48.0 Å². The van der Waals surface area contributed by atoms with E-state index in [9.17, 15) is 4.79 Å². The third-order valence-corrected chi connectivity index (χ3v) is 3.82. The van der Waals surface area contributed by atoms with Crippen LogP contribution in [0.15, 0.2) is 28.7 Å².